The normalized spacial score (nSPS) is 12.9. The fraction of sp³-hybridized carbons (Fsp3) is 0.417. The first-order valence-electron chi connectivity index (χ1n) is 4.67. The molecule has 0 N–H and O–H groups in total. The van der Waals surface area contributed by atoms with Crippen molar-refractivity contribution in [2.24, 2.45) is 5.92 Å². The summed E-state index contributed by atoms with van der Waals surface area (Å²) in [6.45, 7) is 6.19. The smallest absolute Gasteiger partial charge is 0.127 e. The van der Waals surface area contributed by atoms with Gasteiger partial charge in [0.05, 0.1) is 0 Å². The molecule has 0 bridgehead atoms. The summed E-state index contributed by atoms with van der Waals surface area (Å²) in [5, 5.41) is 0. The Labute approximate surface area is 79.8 Å². The van der Waals surface area contributed by atoms with Crippen molar-refractivity contribution in [1.29, 1.82) is 0 Å². The van der Waals surface area contributed by atoms with Crippen LogP contribution in [0.3, 0.4) is 0 Å². The van der Waals surface area contributed by atoms with Crippen LogP contribution < -0.4 is 0 Å². The lowest BCUT2D eigenvalue weighted by molar-refractivity contribution is -0.109. The van der Waals surface area contributed by atoms with Gasteiger partial charge in [-0.1, -0.05) is 43.7 Å². The topological polar surface area (TPSA) is 17.1 Å². The quantitative estimate of drug-likeness (QED) is 0.647. The van der Waals surface area contributed by atoms with Gasteiger partial charge in [-0.15, -0.1) is 0 Å². The van der Waals surface area contributed by atoms with Crippen LogP contribution in [0.4, 0.5) is 0 Å². The average molecular weight is 176 g/mol. The molecule has 0 saturated heterocycles. The van der Waals surface area contributed by atoms with E-state index in [0.29, 0.717) is 5.92 Å². The summed E-state index contributed by atoms with van der Waals surface area (Å²) in [7, 11) is 0. The minimum atomic E-state index is 0.0416. The van der Waals surface area contributed by atoms with Crippen LogP contribution in [0.1, 0.15) is 30.9 Å². The van der Waals surface area contributed by atoms with Crippen molar-refractivity contribution in [3.05, 3.63) is 35.4 Å². The van der Waals surface area contributed by atoms with E-state index in [1.807, 2.05) is 25.1 Å². The van der Waals surface area contributed by atoms with Gasteiger partial charge in [-0.3, -0.25) is 0 Å². The Hall–Kier alpha value is -1.11. The van der Waals surface area contributed by atoms with Gasteiger partial charge in [-0.25, -0.2) is 0 Å². The van der Waals surface area contributed by atoms with E-state index < -0.39 is 0 Å². The second-order valence-corrected chi connectivity index (χ2v) is 3.82. The first-order valence-corrected chi connectivity index (χ1v) is 4.67. The lowest BCUT2D eigenvalue weighted by atomic mass is 9.89. The van der Waals surface area contributed by atoms with E-state index in [-0.39, 0.29) is 5.92 Å². The highest BCUT2D eigenvalue weighted by Gasteiger charge is 2.13. The second-order valence-electron chi connectivity index (χ2n) is 3.82. The van der Waals surface area contributed by atoms with Gasteiger partial charge < -0.3 is 4.79 Å². The molecule has 0 amide bonds. The van der Waals surface area contributed by atoms with Crippen molar-refractivity contribution in [1.82, 2.24) is 0 Å². The largest absolute Gasteiger partial charge is 0.303 e. The Balaban J connectivity index is 2.98. The van der Waals surface area contributed by atoms with Crippen molar-refractivity contribution < 1.29 is 4.79 Å². The van der Waals surface area contributed by atoms with E-state index in [0.717, 1.165) is 11.8 Å². The van der Waals surface area contributed by atoms with Crippen LogP contribution in [0.15, 0.2) is 24.3 Å². The lowest BCUT2D eigenvalue weighted by Gasteiger charge is -2.14. The number of hydrogen-bond donors (Lipinski definition) is 0. The SMILES string of the molecule is Cc1cccc([C@@H](C=O)C(C)C)c1. The zero-order valence-corrected chi connectivity index (χ0v) is 8.45. The van der Waals surface area contributed by atoms with Crippen molar-refractivity contribution in [3.8, 4) is 0 Å². The standard InChI is InChI=1S/C12H16O/c1-9(2)12(8-13)11-6-4-5-10(3)7-11/h4-9,12H,1-3H3/t12-/m0/s1. The molecule has 70 valence electrons. The summed E-state index contributed by atoms with van der Waals surface area (Å²) in [6, 6.07) is 8.15. The maximum Gasteiger partial charge on any atom is 0.127 e. The number of aldehydes is 1. The van der Waals surface area contributed by atoms with Gasteiger partial charge in [0, 0.05) is 5.92 Å². The molecule has 1 nitrogen and oxygen atoms in total. The van der Waals surface area contributed by atoms with Crippen LogP contribution in [0.25, 0.3) is 0 Å². The highest BCUT2D eigenvalue weighted by molar-refractivity contribution is 5.62. The Morgan fingerprint density at radius 3 is 2.46 bits per heavy atom. The summed E-state index contributed by atoms with van der Waals surface area (Å²) >= 11 is 0. The molecule has 0 spiro atoms. The van der Waals surface area contributed by atoms with Gasteiger partial charge in [0.15, 0.2) is 0 Å². The van der Waals surface area contributed by atoms with E-state index in [1.54, 1.807) is 0 Å². The minimum absolute atomic E-state index is 0.0416. The van der Waals surface area contributed by atoms with Gasteiger partial charge in [-0.05, 0) is 18.4 Å². The molecule has 0 aliphatic rings. The third kappa shape index (κ3) is 2.41. The van der Waals surface area contributed by atoms with Crippen molar-refractivity contribution in [3.63, 3.8) is 0 Å². The van der Waals surface area contributed by atoms with Crippen LogP contribution >= 0.6 is 0 Å². The van der Waals surface area contributed by atoms with E-state index in [1.165, 1.54) is 5.56 Å². The summed E-state index contributed by atoms with van der Waals surface area (Å²) < 4.78 is 0. The lowest BCUT2D eigenvalue weighted by Crippen LogP contribution is -2.07. The second kappa shape index (κ2) is 4.22. The van der Waals surface area contributed by atoms with Crippen molar-refractivity contribution in [2.45, 2.75) is 26.7 Å². The van der Waals surface area contributed by atoms with Gasteiger partial charge in [0.25, 0.3) is 0 Å². The average Bonchev–Trinajstić information content (AvgIpc) is 2.04. The molecule has 0 aromatic heterocycles. The number of hydrogen-bond acceptors (Lipinski definition) is 1. The zero-order valence-electron chi connectivity index (χ0n) is 8.45. The van der Waals surface area contributed by atoms with Crippen LogP contribution in [0.5, 0.6) is 0 Å². The molecule has 0 radical (unpaired) electrons. The van der Waals surface area contributed by atoms with E-state index in [9.17, 15) is 4.79 Å². The fourth-order valence-electron chi connectivity index (χ4n) is 1.50. The molecule has 0 aliphatic carbocycles. The van der Waals surface area contributed by atoms with Crippen molar-refractivity contribution in [2.75, 3.05) is 0 Å². The molecule has 0 heterocycles. The van der Waals surface area contributed by atoms with Crippen LogP contribution in [0, 0.1) is 12.8 Å². The number of aryl methyl sites for hydroxylation is 1. The highest BCUT2D eigenvalue weighted by Crippen LogP contribution is 2.22. The van der Waals surface area contributed by atoms with Gasteiger partial charge in [0.2, 0.25) is 0 Å². The maximum absolute atomic E-state index is 10.9. The van der Waals surface area contributed by atoms with E-state index >= 15 is 0 Å². The summed E-state index contributed by atoms with van der Waals surface area (Å²) in [4.78, 5) is 10.9. The third-order valence-corrected chi connectivity index (χ3v) is 2.29. The van der Waals surface area contributed by atoms with Crippen LogP contribution in [0.2, 0.25) is 0 Å². The molecular formula is C12H16O. The minimum Gasteiger partial charge on any atom is -0.303 e. The molecule has 13 heavy (non-hydrogen) atoms. The molecule has 1 atom stereocenters. The fourth-order valence-corrected chi connectivity index (χ4v) is 1.50. The summed E-state index contributed by atoms with van der Waals surface area (Å²) in [5.74, 6) is 0.416. The molecule has 0 fully saturated rings. The molecule has 0 aliphatic heterocycles. The number of carbonyl (C=O) groups is 1. The number of carbonyl (C=O) groups excluding carboxylic acids is 1. The first kappa shape index (κ1) is 9.97. The Morgan fingerprint density at radius 2 is 2.00 bits per heavy atom. The van der Waals surface area contributed by atoms with Gasteiger partial charge in [-0.2, -0.15) is 0 Å². The van der Waals surface area contributed by atoms with Crippen molar-refractivity contribution >= 4 is 6.29 Å². The predicted molar refractivity (Wildman–Crippen MR) is 54.8 cm³/mol. The first-order chi connectivity index (χ1) is 6.15. The predicted octanol–water partition coefficient (Wildman–Crippen LogP) is 2.93. The zero-order chi connectivity index (χ0) is 9.84. The maximum atomic E-state index is 10.9. The molecule has 1 heteroatoms. The number of rotatable bonds is 3. The Kier molecular flexibility index (Phi) is 3.24. The molecule has 1 aromatic rings. The molecular weight excluding hydrogens is 160 g/mol. The Bertz CT molecular complexity index is 289. The molecule has 1 rings (SSSR count). The van der Waals surface area contributed by atoms with Crippen LogP contribution in [-0.2, 0) is 4.79 Å². The molecule has 0 saturated carbocycles. The summed E-state index contributed by atoms with van der Waals surface area (Å²) in [6.07, 6.45) is 1.04. The number of benzene rings is 1. The molecule has 0 unspecified atom stereocenters. The Morgan fingerprint density at radius 1 is 1.31 bits per heavy atom. The van der Waals surface area contributed by atoms with Crippen LogP contribution in [-0.4, -0.2) is 6.29 Å². The highest BCUT2D eigenvalue weighted by atomic mass is 16.1. The monoisotopic (exact) mass is 176 g/mol. The summed E-state index contributed by atoms with van der Waals surface area (Å²) in [5.41, 5.74) is 2.34. The third-order valence-electron chi connectivity index (χ3n) is 2.29. The molecule has 1 aromatic carbocycles. The van der Waals surface area contributed by atoms with E-state index in [4.69, 9.17) is 0 Å². The van der Waals surface area contributed by atoms with E-state index in [2.05, 4.69) is 19.9 Å². The van der Waals surface area contributed by atoms with Gasteiger partial charge >= 0.3 is 0 Å². The van der Waals surface area contributed by atoms with Gasteiger partial charge in [0.1, 0.15) is 6.29 Å².